The third-order valence-electron chi connectivity index (χ3n) is 6.13. The average Bonchev–Trinajstić information content (AvgIpc) is 3.56. The van der Waals surface area contributed by atoms with Gasteiger partial charge in [-0.15, -0.1) is 5.10 Å². The second-order valence-corrected chi connectivity index (χ2v) is 8.31. The Bertz CT molecular complexity index is 1520. The van der Waals surface area contributed by atoms with Gasteiger partial charge in [0.2, 0.25) is 5.88 Å². The maximum Gasteiger partial charge on any atom is 0.512 e. The van der Waals surface area contributed by atoms with Gasteiger partial charge in [0.1, 0.15) is 5.82 Å². The number of aromatic amines is 2. The molecule has 188 valence electrons. The van der Waals surface area contributed by atoms with Crippen LogP contribution in [0.15, 0.2) is 54.7 Å². The molecule has 0 atom stereocenters. The summed E-state index contributed by atoms with van der Waals surface area (Å²) in [5.74, 6) is -2.75. The van der Waals surface area contributed by atoms with E-state index in [2.05, 4.69) is 19.9 Å². The summed E-state index contributed by atoms with van der Waals surface area (Å²) >= 11 is 0. The lowest BCUT2D eigenvalue weighted by molar-refractivity contribution is -0.127. The number of H-pyrrole nitrogens is 2. The summed E-state index contributed by atoms with van der Waals surface area (Å²) in [4.78, 5) is 55.3. The molecular formula is C25H20FN5O6. The van der Waals surface area contributed by atoms with E-state index in [-0.39, 0.29) is 54.4 Å². The molecule has 0 radical (unpaired) electrons. The second-order valence-electron chi connectivity index (χ2n) is 8.31. The van der Waals surface area contributed by atoms with Crippen LogP contribution in [0.4, 0.5) is 9.18 Å². The molecule has 1 aliphatic rings. The fourth-order valence-corrected chi connectivity index (χ4v) is 4.33. The number of benzene rings is 2. The Labute approximate surface area is 208 Å². The average molecular weight is 505 g/mol. The van der Waals surface area contributed by atoms with E-state index in [1.807, 2.05) is 6.07 Å². The first-order chi connectivity index (χ1) is 17.8. The minimum absolute atomic E-state index is 0.0796. The van der Waals surface area contributed by atoms with Crippen molar-refractivity contribution in [3.63, 3.8) is 0 Å². The van der Waals surface area contributed by atoms with Gasteiger partial charge in [-0.05, 0) is 24.3 Å². The van der Waals surface area contributed by atoms with Crippen molar-refractivity contribution in [3.8, 4) is 17.1 Å². The molecule has 0 bridgehead atoms. The van der Waals surface area contributed by atoms with Crippen LogP contribution in [-0.2, 0) is 4.79 Å². The van der Waals surface area contributed by atoms with Crippen molar-refractivity contribution in [3.05, 3.63) is 71.7 Å². The van der Waals surface area contributed by atoms with E-state index in [0.717, 1.165) is 6.07 Å². The van der Waals surface area contributed by atoms with Crippen LogP contribution in [0.5, 0.6) is 5.88 Å². The SMILES string of the molecule is O=C(O)Oc1cc(-c2ccc(F)c3c(C(=O)C(=O)N4CCN(C(=O)c5ccccc5)CC4)c[nH]c23)[nH]n1. The molecule has 2 aromatic heterocycles. The van der Waals surface area contributed by atoms with E-state index >= 15 is 0 Å². The molecule has 2 aromatic carbocycles. The minimum Gasteiger partial charge on any atom is -0.449 e. The molecule has 3 N–H and O–H groups in total. The van der Waals surface area contributed by atoms with E-state index in [9.17, 15) is 23.6 Å². The molecule has 0 spiro atoms. The number of carbonyl (C=O) groups is 4. The fraction of sp³-hybridized carbons (Fsp3) is 0.160. The summed E-state index contributed by atoms with van der Waals surface area (Å²) in [7, 11) is 0. The van der Waals surface area contributed by atoms with Gasteiger partial charge in [-0.3, -0.25) is 19.5 Å². The summed E-state index contributed by atoms with van der Waals surface area (Å²) in [6, 6.07) is 12.7. The van der Waals surface area contributed by atoms with Crippen LogP contribution in [0.1, 0.15) is 20.7 Å². The molecule has 2 amide bonds. The smallest absolute Gasteiger partial charge is 0.449 e. The van der Waals surface area contributed by atoms with E-state index in [1.165, 1.54) is 23.2 Å². The van der Waals surface area contributed by atoms with Gasteiger partial charge in [-0.2, -0.15) is 0 Å². The molecule has 3 heterocycles. The monoisotopic (exact) mass is 505 g/mol. The number of ketones is 1. The highest BCUT2D eigenvalue weighted by Gasteiger charge is 2.31. The van der Waals surface area contributed by atoms with Crippen LogP contribution in [-0.4, -0.2) is 80.0 Å². The number of ether oxygens (including phenoxy) is 1. The highest BCUT2D eigenvalue weighted by Crippen LogP contribution is 2.32. The lowest BCUT2D eigenvalue weighted by Gasteiger charge is -2.34. The van der Waals surface area contributed by atoms with Crippen molar-refractivity contribution in [1.29, 1.82) is 0 Å². The Morgan fingerprint density at radius 1 is 0.973 bits per heavy atom. The highest BCUT2D eigenvalue weighted by molar-refractivity contribution is 6.45. The fourth-order valence-electron chi connectivity index (χ4n) is 4.33. The molecule has 11 nitrogen and oxygen atoms in total. The number of rotatable bonds is 5. The van der Waals surface area contributed by atoms with Gasteiger partial charge < -0.3 is 24.6 Å². The quantitative estimate of drug-likeness (QED) is 0.215. The number of piperazine rings is 1. The van der Waals surface area contributed by atoms with Crippen LogP contribution in [0, 0.1) is 5.82 Å². The molecule has 0 saturated carbocycles. The normalized spacial score (nSPS) is 13.5. The van der Waals surface area contributed by atoms with Crippen LogP contribution in [0.3, 0.4) is 0 Å². The van der Waals surface area contributed by atoms with Gasteiger partial charge in [0.15, 0.2) is 0 Å². The van der Waals surface area contributed by atoms with Crippen LogP contribution in [0.2, 0.25) is 0 Å². The van der Waals surface area contributed by atoms with Gasteiger partial charge in [-0.1, -0.05) is 18.2 Å². The maximum atomic E-state index is 14.9. The molecule has 1 aliphatic heterocycles. The number of hydrogen-bond acceptors (Lipinski definition) is 6. The molecule has 37 heavy (non-hydrogen) atoms. The van der Waals surface area contributed by atoms with Crippen molar-refractivity contribution in [2.75, 3.05) is 26.2 Å². The predicted octanol–water partition coefficient (Wildman–Crippen LogP) is 2.92. The molecule has 1 fully saturated rings. The number of hydrogen-bond donors (Lipinski definition) is 3. The lowest BCUT2D eigenvalue weighted by atomic mass is 10.0. The van der Waals surface area contributed by atoms with Crippen molar-refractivity contribution >= 4 is 34.7 Å². The summed E-state index contributed by atoms with van der Waals surface area (Å²) in [6.45, 7) is 0.860. The van der Waals surface area contributed by atoms with Crippen molar-refractivity contribution < 1.29 is 33.4 Å². The van der Waals surface area contributed by atoms with Crippen LogP contribution < -0.4 is 4.74 Å². The number of carbonyl (C=O) groups excluding carboxylic acids is 3. The summed E-state index contributed by atoms with van der Waals surface area (Å²) < 4.78 is 19.4. The Morgan fingerprint density at radius 3 is 2.38 bits per heavy atom. The zero-order valence-corrected chi connectivity index (χ0v) is 19.2. The molecular weight excluding hydrogens is 485 g/mol. The largest absolute Gasteiger partial charge is 0.512 e. The Balaban J connectivity index is 1.34. The number of carboxylic acid groups (broad SMARTS) is 1. The number of nitrogens with zero attached hydrogens (tertiary/aromatic N) is 3. The molecule has 4 aromatic rings. The van der Waals surface area contributed by atoms with Crippen LogP contribution in [0.25, 0.3) is 22.2 Å². The van der Waals surface area contributed by atoms with Crippen molar-refractivity contribution in [2.24, 2.45) is 0 Å². The van der Waals surface area contributed by atoms with Gasteiger partial charge in [-0.25, -0.2) is 9.18 Å². The third-order valence-corrected chi connectivity index (χ3v) is 6.13. The number of aromatic nitrogens is 3. The number of nitrogens with one attached hydrogen (secondary N) is 2. The maximum absolute atomic E-state index is 14.9. The molecule has 12 heteroatoms. The zero-order chi connectivity index (χ0) is 26.1. The lowest BCUT2D eigenvalue weighted by Crippen LogP contribution is -2.52. The Hall–Kier alpha value is -5.00. The zero-order valence-electron chi connectivity index (χ0n) is 19.2. The van der Waals surface area contributed by atoms with Gasteiger partial charge in [0, 0.05) is 55.0 Å². The molecule has 1 saturated heterocycles. The first-order valence-electron chi connectivity index (χ1n) is 11.3. The predicted molar refractivity (Wildman–Crippen MR) is 128 cm³/mol. The number of halogens is 1. The van der Waals surface area contributed by atoms with Crippen molar-refractivity contribution in [1.82, 2.24) is 25.0 Å². The third kappa shape index (κ3) is 4.51. The van der Waals surface area contributed by atoms with E-state index < -0.39 is 23.7 Å². The highest BCUT2D eigenvalue weighted by atomic mass is 19.1. The topological polar surface area (TPSA) is 149 Å². The van der Waals surface area contributed by atoms with Crippen molar-refractivity contribution in [2.45, 2.75) is 0 Å². The van der Waals surface area contributed by atoms with Crippen LogP contribution >= 0.6 is 0 Å². The second kappa shape index (κ2) is 9.57. The Morgan fingerprint density at radius 2 is 1.68 bits per heavy atom. The summed E-state index contributed by atoms with van der Waals surface area (Å²) in [5, 5.41) is 15.0. The number of amides is 2. The molecule has 5 rings (SSSR count). The van der Waals surface area contributed by atoms with Gasteiger partial charge >= 0.3 is 6.16 Å². The first kappa shape index (κ1) is 23.7. The summed E-state index contributed by atoms with van der Waals surface area (Å²) in [5.41, 5.74) is 1.34. The summed E-state index contributed by atoms with van der Waals surface area (Å²) in [6.07, 6.45) is -0.281. The minimum atomic E-state index is -1.54. The van der Waals surface area contributed by atoms with E-state index in [4.69, 9.17) is 5.11 Å². The standard InChI is InChI=1S/C25H20FN5O6/c26-17-7-6-15(18-12-19(29-28-18)37-25(35)36)21-20(17)16(13-27-21)22(32)24(34)31-10-8-30(9-11-31)23(33)14-4-2-1-3-5-14/h1-7,12-13,27H,8-11H2,(H,28,29)(H,35,36). The van der Waals surface area contributed by atoms with E-state index in [1.54, 1.807) is 29.2 Å². The molecule has 0 unspecified atom stereocenters. The molecule has 0 aliphatic carbocycles. The first-order valence-corrected chi connectivity index (χ1v) is 11.3. The Kier molecular flexibility index (Phi) is 6.14. The number of fused-ring (bicyclic) bond motifs is 1. The van der Waals surface area contributed by atoms with Gasteiger partial charge in [0.05, 0.1) is 16.8 Å². The van der Waals surface area contributed by atoms with Gasteiger partial charge in [0.25, 0.3) is 17.6 Å². The van der Waals surface area contributed by atoms with E-state index in [0.29, 0.717) is 16.8 Å². The number of Topliss-reactive ketones (excluding diaryl/α,β-unsaturated/α-hetero) is 1.